The van der Waals surface area contributed by atoms with Crippen molar-refractivity contribution in [3.8, 4) is 0 Å². The first-order chi connectivity index (χ1) is 7.83. The molecule has 0 heterocycles. The zero-order valence-corrected chi connectivity index (χ0v) is 10.9. The Hall–Kier alpha value is -0.900. The van der Waals surface area contributed by atoms with Gasteiger partial charge in [0.25, 0.3) is 0 Å². The fraction of sp³-hybridized carbons (Fsp3) is 0.846. The van der Waals surface area contributed by atoms with Crippen molar-refractivity contribution in [1.29, 1.82) is 0 Å². The minimum Gasteiger partial charge on any atom is -0.459 e. The summed E-state index contributed by atoms with van der Waals surface area (Å²) in [6, 6.07) is 0.220. The first kappa shape index (κ1) is 14.2. The maximum absolute atomic E-state index is 11.9. The molecule has 2 N–H and O–H groups in total. The molecule has 0 radical (unpaired) electrons. The molecule has 0 aromatic rings. The van der Waals surface area contributed by atoms with Gasteiger partial charge < -0.3 is 15.3 Å². The number of hydrogen-bond donors (Lipinski definition) is 1. The second-order valence-corrected chi connectivity index (χ2v) is 5.87. The molecule has 1 saturated carbocycles. The molecule has 0 aromatic heterocycles. The van der Waals surface area contributed by atoms with Crippen LogP contribution in [0.25, 0.3) is 0 Å². The van der Waals surface area contributed by atoms with Gasteiger partial charge in [0.15, 0.2) is 0 Å². The largest absolute Gasteiger partial charge is 0.459 e. The highest BCUT2D eigenvalue weighted by Crippen LogP contribution is 2.30. The van der Waals surface area contributed by atoms with Crippen LogP contribution in [0.2, 0.25) is 0 Å². The molecule has 4 heteroatoms. The monoisotopic (exact) mass is 241 g/mol. The highest BCUT2D eigenvalue weighted by molar-refractivity contribution is 5.88. The van der Waals surface area contributed by atoms with Crippen LogP contribution >= 0.6 is 0 Å². The second kappa shape index (κ2) is 5.63. The summed E-state index contributed by atoms with van der Waals surface area (Å²) in [5, 5.41) is 0. The molecule has 1 fully saturated rings. The number of esters is 1. The van der Waals surface area contributed by atoms with E-state index in [1.54, 1.807) is 0 Å². The fourth-order valence-corrected chi connectivity index (χ4v) is 2.23. The Labute approximate surface area is 103 Å². The Morgan fingerprint density at radius 1 is 1.29 bits per heavy atom. The van der Waals surface area contributed by atoms with Crippen LogP contribution in [0.1, 0.15) is 46.5 Å². The summed E-state index contributed by atoms with van der Waals surface area (Å²) in [6.45, 7) is 5.43. The van der Waals surface area contributed by atoms with Crippen LogP contribution in [0.4, 0.5) is 0 Å². The Balaban J connectivity index is 2.59. The average Bonchev–Trinajstić information content (AvgIpc) is 2.19. The SMILES string of the molecule is CC(C)(C)OC(=O)C(C=O)[C@H]1CC[C@H](N)CC1. The maximum atomic E-state index is 11.9. The van der Waals surface area contributed by atoms with Crippen molar-refractivity contribution in [2.45, 2.75) is 58.1 Å². The molecule has 0 amide bonds. The molecule has 0 aromatic carbocycles. The van der Waals surface area contributed by atoms with Gasteiger partial charge in [0.2, 0.25) is 0 Å². The van der Waals surface area contributed by atoms with Crippen molar-refractivity contribution >= 4 is 12.3 Å². The third-order valence-electron chi connectivity index (χ3n) is 3.15. The van der Waals surface area contributed by atoms with E-state index < -0.39 is 17.5 Å². The van der Waals surface area contributed by atoms with Crippen LogP contribution in [0.3, 0.4) is 0 Å². The lowest BCUT2D eigenvalue weighted by atomic mass is 9.79. The van der Waals surface area contributed by atoms with Crippen LogP contribution in [0.15, 0.2) is 0 Å². The summed E-state index contributed by atoms with van der Waals surface area (Å²) in [4.78, 5) is 23.0. The maximum Gasteiger partial charge on any atom is 0.316 e. The standard InChI is InChI=1S/C13H23NO3/c1-13(2,3)17-12(16)11(8-15)9-4-6-10(14)7-5-9/h8-11H,4-7,14H2,1-3H3/t9-,10-,11?. The summed E-state index contributed by atoms with van der Waals surface area (Å²) in [6.07, 6.45) is 4.18. The molecule has 1 unspecified atom stereocenters. The summed E-state index contributed by atoms with van der Waals surface area (Å²) in [7, 11) is 0. The van der Waals surface area contributed by atoms with E-state index in [0.29, 0.717) is 0 Å². The van der Waals surface area contributed by atoms with Crippen molar-refractivity contribution < 1.29 is 14.3 Å². The van der Waals surface area contributed by atoms with Crippen molar-refractivity contribution in [3.05, 3.63) is 0 Å². The Morgan fingerprint density at radius 2 is 1.82 bits per heavy atom. The molecule has 98 valence electrons. The third-order valence-corrected chi connectivity index (χ3v) is 3.15. The Kier molecular flexibility index (Phi) is 4.69. The van der Waals surface area contributed by atoms with E-state index in [0.717, 1.165) is 32.0 Å². The van der Waals surface area contributed by atoms with Gasteiger partial charge in [-0.1, -0.05) is 0 Å². The number of hydrogen-bond acceptors (Lipinski definition) is 4. The lowest BCUT2D eigenvalue weighted by Crippen LogP contribution is -2.36. The third kappa shape index (κ3) is 4.46. The van der Waals surface area contributed by atoms with Crippen molar-refractivity contribution in [1.82, 2.24) is 0 Å². The lowest BCUT2D eigenvalue weighted by Gasteiger charge is -2.30. The van der Waals surface area contributed by atoms with Gasteiger partial charge in [0, 0.05) is 6.04 Å². The van der Waals surface area contributed by atoms with E-state index in [1.807, 2.05) is 20.8 Å². The highest BCUT2D eigenvalue weighted by atomic mass is 16.6. The van der Waals surface area contributed by atoms with Gasteiger partial charge in [-0.3, -0.25) is 4.79 Å². The molecule has 0 spiro atoms. The van der Waals surface area contributed by atoms with Crippen LogP contribution in [-0.2, 0) is 14.3 Å². The van der Waals surface area contributed by atoms with Gasteiger partial charge in [-0.15, -0.1) is 0 Å². The topological polar surface area (TPSA) is 69.4 Å². The molecular formula is C13H23NO3. The number of carbonyl (C=O) groups excluding carboxylic acids is 2. The van der Waals surface area contributed by atoms with Gasteiger partial charge in [0.1, 0.15) is 17.8 Å². The van der Waals surface area contributed by atoms with Crippen LogP contribution in [-0.4, -0.2) is 23.9 Å². The van der Waals surface area contributed by atoms with Gasteiger partial charge in [-0.05, 0) is 52.4 Å². The van der Waals surface area contributed by atoms with Crippen LogP contribution < -0.4 is 5.73 Å². The lowest BCUT2D eigenvalue weighted by molar-refractivity contribution is -0.163. The van der Waals surface area contributed by atoms with Crippen LogP contribution in [0, 0.1) is 11.8 Å². The number of ether oxygens (including phenoxy) is 1. The zero-order valence-electron chi connectivity index (χ0n) is 10.9. The average molecular weight is 241 g/mol. The number of rotatable bonds is 3. The molecule has 1 rings (SSSR count). The van der Waals surface area contributed by atoms with E-state index in [2.05, 4.69) is 0 Å². The molecule has 0 saturated heterocycles. The van der Waals surface area contributed by atoms with Gasteiger partial charge in [0.05, 0.1) is 0 Å². The van der Waals surface area contributed by atoms with E-state index in [1.165, 1.54) is 0 Å². The van der Waals surface area contributed by atoms with Crippen molar-refractivity contribution in [3.63, 3.8) is 0 Å². The minimum atomic E-state index is -0.623. The van der Waals surface area contributed by atoms with Crippen LogP contribution in [0.5, 0.6) is 0 Å². The van der Waals surface area contributed by atoms with Gasteiger partial charge >= 0.3 is 5.97 Å². The van der Waals surface area contributed by atoms with E-state index >= 15 is 0 Å². The molecule has 1 atom stereocenters. The van der Waals surface area contributed by atoms with E-state index in [-0.39, 0.29) is 12.0 Å². The van der Waals surface area contributed by atoms with E-state index in [9.17, 15) is 9.59 Å². The van der Waals surface area contributed by atoms with Gasteiger partial charge in [-0.2, -0.15) is 0 Å². The summed E-state index contributed by atoms with van der Waals surface area (Å²) >= 11 is 0. The number of nitrogens with two attached hydrogens (primary N) is 1. The quantitative estimate of drug-likeness (QED) is 0.463. The van der Waals surface area contributed by atoms with E-state index in [4.69, 9.17) is 10.5 Å². The fourth-order valence-electron chi connectivity index (χ4n) is 2.23. The minimum absolute atomic E-state index is 0.0992. The predicted molar refractivity (Wildman–Crippen MR) is 65.3 cm³/mol. The molecule has 17 heavy (non-hydrogen) atoms. The predicted octanol–water partition coefficient (Wildman–Crippen LogP) is 1.66. The van der Waals surface area contributed by atoms with Crippen molar-refractivity contribution in [2.24, 2.45) is 17.6 Å². The number of carbonyl (C=O) groups is 2. The number of aldehydes is 1. The smallest absolute Gasteiger partial charge is 0.316 e. The Bertz CT molecular complexity index is 275. The second-order valence-electron chi connectivity index (χ2n) is 5.87. The highest BCUT2D eigenvalue weighted by Gasteiger charge is 2.33. The first-order valence-electron chi connectivity index (χ1n) is 6.27. The normalized spacial score (nSPS) is 27.3. The molecule has 0 aliphatic heterocycles. The molecule has 1 aliphatic carbocycles. The van der Waals surface area contributed by atoms with Crippen molar-refractivity contribution in [2.75, 3.05) is 0 Å². The molecule has 0 bridgehead atoms. The molecular weight excluding hydrogens is 218 g/mol. The summed E-state index contributed by atoms with van der Waals surface area (Å²) < 4.78 is 5.27. The van der Waals surface area contributed by atoms with Gasteiger partial charge in [-0.25, -0.2) is 0 Å². The summed E-state index contributed by atoms with van der Waals surface area (Å²) in [5.41, 5.74) is 5.27. The first-order valence-corrected chi connectivity index (χ1v) is 6.27. The zero-order chi connectivity index (χ0) is 13.1. The molecule has 4 nitrogen and oxygen atoms in total. The summed E-state index contributed by atoms with van der Waals surface area (Å²) in [5.74, 6) is -0.920. The Morgan fingerprint density at radius 3 is 2.24 bits per heavy atom. The molecule has 1 aliphatic rings.